The molecule has 0 atom stereocenters. The third-order valence-corrected chi connectivity index (χ3v) is 6.37. The largest absolute Gasteiger partial charge is 0.462 e. The molecule has 2 heterocycles. The minimum Gasteiger partial charge on any atom is -0.462 e. The summed E-state index contributed by atoms with van der Waals surface area (Å²) in [7, 11) is -4.00. The Morgan fingerprint density at radius 1 is 1.35 bits per heavy atom. The van der Waals surface area contributed by atoms with E-state index < -0.39 is 51.3 Å². The van der Waals surface area contributed by atoms with Crippen LogP contribution in [0.1, 0.15) is 40.5 Å². The molecule has 3 rings (SSSR count). The Morgan fingerprint density at radius 3 is 2.65 bits per heavy atom. The first-order valence-electron chi connectivity index (χ1n) is 9.98. The molecule has 1 aliphatic heterocycles. The fourth-order valence-corrected chi connectivity index (χ4v) is 4.69. The summed E-state index contributed by atoms with van der Waals surface area (Å²) in [6.07, 6.45) is -3.11. The lowest BCUT2D eigenvalue weighted by Crippen LogP contribution is -2.55. The van der Waals surface area contributed by atoms with Gasteiger partial charge in [0.05, 0.1) is 29.4 Å². The van der Waals surface area contributed by atoms with Gasteiger partial charge in [0, 0.05) is 18.1 Å². The van der Waals surface area contributed by atoms with Gasteiger partial charge in [-0.2, -0.15) is 5.26 Å². The zero-order chi connectivity index (χ0) is 25.0. The Morgan fingerprint density at radius 2 is 2.06 bits per heavy atom. The van der Waals surface area contributed by atoms with E-state index in [1.165, 1.54) is 17.9 Å². The number of halogens is 3. The van der Waals surface area contributed by atoms with Crippen LogP contribution in [0.15, 0.2) is 30.3 Å². The van der Waals surface area contributed by atoms with Crippen LogP contribution < -0.4 is 9.62 Å². The molecular weight excluding hydrogens is 494 g/mol. The number of carbonyl (C=O) groups excluding carboxylic acids is 2. The summed E-state index contributed by atoms with van der Waals surface area (Å²) in [6.45, 7) is 1.35. The predicted molar refractivity (Wildman–Crippen MR) is 118 cm³/mol. The predicted octanol–water partition coefficient (Wildman–Crippen LogP) is 2.80. The molecule has 1 aromatic heterocycles. The minimum atomic E-state index is -4.00. The molecule has 1 aromatic carbocycles. The Kier molecular flexibility index (Phi) is 7.68. The summed E-state index contributed by atoms with van der Waals surface area (Å²) in [4.78, 5) is 29.6. The number of nitrogens with zero attached hydrogens (tertiary/aromatic N) is 3. The van der Waals surface area contributed by atoms with E-state index in [1.807, 2.05) is 4.72 Å². The van der Waals surface area contributed by atoms with Crippen LogP contribution in [0.3, 0.4) is 0 Å². The van der Waals surface area contributed by atoms with Crippen LogP contribution in [0.4, 0.5) is 14.6 Å². The van der Waals surface area contributed by atoms with Gasteiger partial charge in [0.25, 0.3) is 6.43 Å². The summed E-state index contributed by atoms with van der Waals surface area (Å²) in [6, 6.07) is 8.96. The van der Waals surface area contributed by atoms with Gasteiger partial charge < -0.3 is 9.64 Å². The van der Waals surface area contributed by atoms with Crippen molar-refractivity contribution in [3.63, 3.8) is 0 Å². The van der Waals surface area contributed by atoms with Crippen molar-refractivity contribution in [1.82, 2.24) is 9.71 Å². The molecule has 0 unspecified atom stereocenters. The summed E-state index contributed by atoms with van der Waals surface area (Å²) >= 11 is 5.84. The number of hydrogen-bond donors (Lipinski definition) is 1. The number of aromatic nitrogens is 1. The highest BCUT2D eigenvalue weighted by atomic mass is 35.5. The molecule has 1 aliphatic rings. The van der Waals surface area contributed by atoms with Gasteiger partial charge in [-0.1, -0.05) is 23.7 Å². The number of benzene rings is 1. The molecule has 0 spiro atoms. The zero-order valence-electron chi connectivity index (χ0n) is 17.8. The van der Waals surface area contributed by atoms with Gasteiger partial charge in [-0.05, 0) is 30.7 Å². The third kappa shape index (κ3) is 5.78. The standard InChI is InChI=1S/C21H19ClF2N4O5S/c1-2-33-21(30)16-7-13(8-25)19(26-17(16)18(23)24)28-9-14(10-28)20(29)27-34(31,32)11-12-4-3-5-15(22)6-12/h3-7,14,18H,2,9-11H2,1H3,(H,27,29). The molecule has 1 saturated heterocycles. The maximum absolute atomic E-state index is 13.5. The van der Waals surface area contributed by atoms with Crippen molar-refractivity contribution in [1.29, 1.82) is 5.26 Å². The summed E-state index contributed by atoms with van der Waals surface area (Å²) in [5.74, 6) is -3.16. The minimum absolute atomic E-state index is 0.0473. The van der Waals surface area contributed by atoms with E-state index in [-0.39, 0.29) is 31.1 Å². The van der Waals surface area contributed by atoms with E-state index in [2.05, 4.69) is 4.98 Å². The number of nitrogens with one attached hydrogen (secondary N) is 1. The quantitative estimate of drug-likeness (QED) is 0.534. The number of ether oxygens (including phenoxy) is 1. The molecule has 0 saturated carbocycles. The maximum atomic E-state index is 13.5. The number of alkyl halides is 2. The lowest BCUT2D eigenvalue weighted by atomic mass is 9.98. The highest BCUT2D eigenvalue weighted by Gasteiger charge is 2.37. The first-order chi connectivity index (χ1) is 16.0. The second-order valence-corrected chi connectivity index (χ2v) is 9.54. The molecule has 0 radical (unpaired) electrons. The molecule has 9 nitrogen and oxygen atoms in total. The fourth-order valence-electron chi connectivity index (χ4n) is 3.32. The normalized spacial score (nSPS) is 13.8. The third-order valence-electron chi connectivity index (χ3n) is 4.91. The monoisotopic (exact) mass is 512 g/mol. The lowest BCUT2D eigenvalue weighted by molar-refractivity contribution is -0.123. The number of esters is 1. The van der Waals surface area contributed by atoms with Crippen LogP contribution in [-0.4, -0.2) is 45.0 Å². The fraction of sp³-hybridized carbons (Fsp3) is 0.333. The van der Waals surface area contributed by atoms with Crippen molar-refractivity contribution in [3.8, 4) is 6.07 Å². The van der Waals surface area contributed by atoms with Gasteiger partial charge in [-0.25, -0.2) is 27.0 Å². The van der Waals surface area contributed by atoms with Crippen LogP contribution in [0, 0.1) is 17.2 Å². The van der Waals surface area contributed by atoms with Crippen LogP contribution in [0.2, 0.25) is 5.02 Å². The Labute approximate surface area is 199 Å². The highest BCUT2D eigenvalue weighted by molar-refractivity contribution is 7.89. The number of sulfonamides is 1. The summed E-state index contributed by atoms with van der Waals surface area (Å²) in [5, 5.41) is 9.77. The van der Waals surface area contributed by atoms with Gasteiger partial charge in [0.15, 0.2) is 0 Å². The first kappa shape index (κ1) is 25.3. The molecule has 13 heteroatoms. The second kappa shape index (κ2) is 10.3. The SMILES string of the molecule is CCOC(=O)c1cc(C#N)c(N2CC(C(=O)NS(=O)(=O)Cc3cccc(Cl)c3)C2)nc1C(F)F. The van der Waals surface area contributed by atoms with E-state index in [1.54, 1.807) is 24.3 Å². The molecular formula is C21H19ClF2N4O5S. The van der Waals surface area contributed by atoms with Gasteiger partial charge in [-0.3, -0.25) is 9.52 Å². The van der Waals surface area contributed by atoms with Crippen LogP contribution >= 0.6 is 11.6 Å². The van der Waals surface area contributed by atoms with E-state index in [4.69, 9.17) is 16.3 Å². The molecule has 34 heavy (non-hydrogen) atoms. The van der Waals surface area contributed by atoms with Crippen molar-refractivity contribution >= 4 is 39.3 Å². The molecule has 1 N–H and O–H groups in total. The number of hydrogen-bond acceptors (Lipinski definition) is 8. The maximum Gasteiger partial charge on any atom is 0.340 e. The topological polar surface area (TPSA) is 129 Å². The van der Waals surface area contributed by atoms with Crippen molar-refractivity contribution < 1.29 is 31.5 Å². The van der Waals surface area contributed by atoms with Crippen molar-refractivity contribution in [2.75, 3.05) is 24.6 Å². The molecule has 0 aliphatic carbocycles. The van der Waals surface area contributed by atoms with Gasteiger partial charge in [0.1, 0.15) is 17.6 Å². The van der Waals surface area contributed by atoms with E-state index in [0.717, 1.165) is 6.07 Å². The van der Waals surface area contributed by atoms with E-state index >= 15 is 0 Å². The molecule has 2 aromatic rings. The number of nitriles is 1. The average molecular weight is 513 g/mol. The zero-order valence-corrected chi connectivity index (χ0v) is 19.4. The number of rotatable bonds is 8. The Hall–Kier alpha value is -3.30. The summed E-state index contributed by atoms with van der Waals surface area (Å²) < 4.78 is 58.4. The van der Waals surface area contributed by atoms with Crippen LogP contribution in [0.25, 0.3) is 0 Å². The van der Waals surface area contributed by atoms with Crippen LogP contribution in [0.5, 0.6) is 0 Å². The van der Waals surface area contributed by atoms with Gasteiger partial charge in [-0.15, -0.1) is 0 Å². The molecule has 0 bridgehead atoms. The van der Waals surface area contributed by atoms with Gasteiger partial charge in [0.2, 0.25) is 15.9 Å². The Bertz CT molecular complexity index is 1260. The van der Waals surface area contributed by atoms with Crippen molar-refractivity contribution in [2.24, 2.45) is 5.92 Å². The lowest BCUT2D eigenvalue weighted by Gasteiger charge is -2.39. The summed E-state index contributed by atoms with van der Waals surface area (Å²) in [5.41, 5.74) is -1.12. The number of carbonyl (C=O) groups is 2. The van der Waals surface area contributed by atoms with Crippen molar-refractivity contribution in [3.05, 3.63) is 57.7 Å². The number of pyridine rings is 1. The number of amides is 1. The highest BCUT2D eigenvalue weighted by Crippen LogP contribution is 2.31. The van der Waals surface area contributed by atoms with Gasteiger partial charge >= 0.3 is 5.97 Å². The van der Waals surface area contributed by atoms with E-state index in [9.17, 15) is 32.0 Å². The molecule has 180 valence electrons. The average Bonchev–Trinajstić information content (AvgIpc) is 2.71. The Balaban J connectivity index is 1.71. The smallest absolute Gasteiger partial charge is 0.340 e. The van der Waals surface area contributed by atoms with Crippen LogP contribution in [-0.2, 0) is 25.3 Å². The second-order valence-electron chi connectivity index (χ2n) is 7.38. The first-order valence-corrected chi connectivity index (χ1v) is 12.0. The molecule has 1 amide bonds. The number of anilines is 1. The molecule has 1 fully saturated rings. The van der Waals surface area contributed by atoms with E-state index in [0.29, 0.717) is 10.6 Å². The van der Waals surface area contributed by atoms with Crippen molar-refractivity contribution in [2.45, 2.75) is 19.1 Å².